The van der Waals surface area contributed by atoms with Crippen molar-refractivity contribution in [3.8, 4) is 0 Å². The lowest BCUT2D eigenvalue weighted by Gasteiger charge is -2.28. The summed E-state index contributed by atoms with van der Waals surface area (Å²) in [5.74, 6) is 0.870. The van der Waals surface area contributed by atoms with E-state index in [-0.39, 0.29) is 0 Å². The van der Waals surface area contributed by atoms with E-state index in [9.17, 15) is 0 Å². The van der Waals surface area contributed by atoms with Gasteiger partial charge in [0, 0.05) is 48.8 Å². The summed E-state index contributed by atoms with van der Waals surface area (Å²) in [4.78, 5) is 14.4. The molecule has 0 bridgehead atoms. The number of nitrogens with zero attached hydrogens (tertiary/aromatic N) is 5. The first-order chi connectivity index (χ1) is 12.7. The molecular formula is C20H25N5S. The summed E-state index contributed by atoms with van der Waals surface area (Å²) in [6, 6.07) is 8.54. The second kappa shape index (κ2) is 7.19. The number of para-hydroxylation sites is 1. The molecule has 0 radical (unpaired) electrons. The van der Waals surface area contributed by atoms with Crippen molar-refractivity contribution >= 4 is 33.3 Å². The maximum Gasteiger partial charge on any atom is 0.205 e. The van der Waals surface area contributed by atoms with Crippen molar-refractivity contribution in [3.05, 3.63) is 41.3 Å². The van der Waals surface area contributed by atoms with Crippen molar-refractivity contribution in [2.45, 2.75) is 33.6 Å². The summed E-state index contributed by atoms with van der Waals surface area (Å²) in [5.41, 5.74) is 5.01. The number of aryl methyl sites for hydroxylation is 2. The molecule has 0 atom stereocenters. The van der Waals surface area contributed by atoms with Gasteiger partial charge < -0.3 is 9.80 Å². The molecule has 1 fully saturated rings. The average molecular weight is 368 g/mol. The quantitative estimate of drug-likeness (QED) is 0.701. The fourth-order valence-corrected chi connectivity index (χ4v) is 4.61. The molecule has 3 aromatic rings. The maximum absolute atomic E-state index is 4.84. The Balaban J connectivity index is 1.69. The summed E-state index contributed by atoms with van der Waals surface area (Å²) in [6.45, 7) is 10.4. The van der Waals surface area contributed by atoms with Crippen LogP contribution in [-0.4, -0.2) is 40.5 Å². The van der Waals surface area contributed by atoms with Crippen molar-refractivity contribution < 1.29 is 0 Å². The van der Waals surface area contributed by atoms with Crippen LogP contribution in [-0.2, 0) is 6.42 Å². The number of anilines is 2. The maximum atomic E-state index is 4.84. The fraction of sp³-hybridized carbons (Fsp3) is 0.450. The van der Waals surface area contributed by atoms with Gasteiger partial charge in [-0.15, -0.1) is 0 Å². The highest BCUT2D eigenvalue weighted by molar-refractivity contribution is 7.09. The number of aromatic nitrogens is 3. The number of pyridine rings is 1. The summed E-state index contributed by atoms with van der Waals surface area (Å²) >= 11 is 1.51. The predicted molar refractivity (Wildman–Crippen MR) is 110 cm³/mol. The van der Waals surface area contributed by atoms with Crippen LogP contribution in [0.15, 0.2) is 24.3 Å². The second-order valence-corrected chi connectivity index (χ2v) is 7.58. The number of rotatable bonds is 3. The highest BCUT2D eigenvalue weighted by Crippen LogP contribution is 2.33. The zero-order valence-corrected chi connectivity index (χ0v) is 16.5. The Labute approximate surface area is 158 Å². The number of fused-ring (bicyclic) bond motifs is 1. The van der Waals surface area contributed by atoms with Crippen molar-refractivity contribution in [1.82, 2.24) is 14.3 Å². The molecule has 0 saturated carbocycles. The van der Waals surface area contributed by atoms with Crippen LogP contribution in [0.1, 0.15) is 30.4 Å². The molecule has 3 heterocycles. The summed E-state index contributed by atoms with van der Waals surface area (Å²) in [7, 11) is 0. The van der Waals surface area contributed by atoms with Crippen molar-refractivity contribution in [1.29, 1.82) is 0 Å². The van der Waals surface area contributed by atoms with Gasteiger partial charge in [-0.05, 0) is 38.3 Å². The van der Waals surface area contributed by atoms with E-state index in [0.29, 0.717) is 0 Å². The first kappa shape index (κ1) is 17.2. The van der Waals surface area contributed by atoms with Crippen LogP contribution in [0.4, 0.5) is 10.8 Å². The number of benzene rings is 1. The number of hydrogen-bond donors (Lipinski definition) is 0. The molecule has 6 heteroatoms. The van der Waals surface area contributed by atoms with Gasteiger partial charge in [0.25, 0.3) is 0 Å². The van der Waals surface area contributed by atoms with Crippen LogP contribution < -0.4 is 9.80 Å². The molecule has 1 aliphatic rings. The molecule has 5 nitrogen and oxygen atoms in total. The van der Waals surface area contributed by atoms with E-state index in [1.54, 1.807) is 0 Å². The molecule has 1 saturated heterocycles. The molecule has 1 aliphatic heterocycles. The lowest BCUT2D eigenvalue weighted by Crippen LogP contribution is -2.31. The first-order valence-electron chi connectivity index (χ1n) is 9.35. The standard InChI is InChI=1S/C20H25N5S/c1-4-16-14(2)21-18-9-6-5-8-17(18)19(16)24-10-7-11-25(13-12-24)20-22-15(3)23-26-20/h5-6,8-9H,4,7,10-13H2,1-3H3. The molecule has 2 aromatic heterocycles. The van der Waals surface area contributed by atoms with Crippen molar-refractivity contribution in [2.75, 3.05) is 36.0 Å². The highest BCUT2D eigenvalue weighted by Gasteiger charge is 2.22. The average Bonchev–Trinajstić information content (AvgIpc) is 2.93. The van der Waals surface area contributed by atoms with Gasteiger partial charge in [-0.1, -0.05) is 25.1 Å². The third-order valence-corrected chi connectivity index (χ3v) is 5.99. The summed E-state index contributed by atoms with van der Waals surface area (Å²) < 4.78 is 4.35. The molecule has 0 N–H and O–H groups in total. The fourth-order valence-electron chi connectivity index (χ4n) is 3.88. The molecule has 1 aromatic carbocycles. The molecular weight excluding hydrogens is 342 g/mol. The number of hydrogen-bond acceptors (Lipinski definition) is 6. The Bertz CT molecular complexity index is 920. The van der Waals surface area contributed by atoms with Crippen LogP contribution >= 0.6 is 11.5 Å². The molecule has 4 rings (SSSR count). The minimum Gasteiger partial charge on any atom is -0.369 e. The Morgan fingerprint density at radius 3 is 2.54 bits per heavy atom. The third kappa shape index (κ3) is 3.14. The molecule has 0 amide bonds. The van der Waals surface area contributed by atoms with Crippen molar-refractivity contribution in [3.63, 3.8) is 0 Å². The van der Waals surface area contributed by atoms with Crippen LogP contribution in [0.2, 0.25) is 0 Å². The van der Waals surface area contributed by atoms with Gasteiger partial charge in [-0.2, -0.15) is 4.37 Å². The van der Waals surface area contributed by atoms with E-state index in [1.165, 1.54) is 28.2 Å². The van der Waals surface area contributed by atoms with Gasteiger partial charge >= 0.3 is 0 Å². The summed E-state index contributed by atoms with van der Waals surface area (Å²) in [5, 5.41) is 2.32. The topological polar surface area (TPSA) is 45.2 Å². The van der Waals surface area contributed by atoms with Crippen molar-refractivity contribution in [2.24, 2.45) is 0 Å². The molecule has 0 spiro atoms. The van der Waals surface area contributed by atoms with E-state index in [4.69, 9.17) is 4.98 Å². The third-order valence-electron chi connectivity index (χ3n) is 5.12. The van der Waals surface area contributed by atoms with Crippen LogP contribution in [0.3, 0.4) is 0 Å². The zero-order chi connectivity index (χ0) is 18.1. The van der Waals surface area contributed by atoms with E-state index in [0.717, 1.165) is 61.2 Å². The van der Waals surface area contributed by atoms with E-state index >= 15 is 0 Å². The lowest BCUT2D eigenvalue weighted by molar-refractivity contribution is 0.801. The first-order valence-corrected chi connectivity index (χ1v) is 10.1. The minimum absolute atomic E-state index is 0.870. The van der Waals surface area contributed by atoms with Crippen LogP contribution in [0.25, 0.3) is 10.9 Å². The molecule has 26 heavy (non-hydrogen) atoms. The van der Waals surface area contributed by atoms with Gasteiger partial charge in [0.05, 0.1) is 11.2 Å². The second-order valence-electron chi connectivity index (χ2n) is 6.85. The van der Waals surface area contributed by atoms with Gasteiger partial charge in [-0.3, -0.25) is 4.98 Å². The smallest absolute Gasteiger partial charge is 0.205 e. The van der Waals surface area contributed by atoms with Gasteiger partial charge in [0.15, 0.2) is 0 Å². The Morgan fingerprint density at radius 1 is 1.00 bits per heavy atom. The van der Waals surface area contributed by atoms with E-state index in [1.807, 2.05) is 6.92 Å². The van der Waals surface area contributed by atoms with E-state index < -0.39 is 0 Å². The predicted octanol–water partition coefficient (Wildman–Crippen LogP) is 3.98. The monoisotopic (exact) mass is 367 g/mol. The minimum atomic E-state index is 0.870. The zero-order valence-electron chi connectivity index (χ0n) is 15.7. The van der Waals surface area contributed by atoms with Crippen LogP contribution in [0, 0.1) is 13.8 Å². The van der Waals surface area contributed by atoms with Gasteiger partial charge in [0.1, 0.15) is 5.82 Å². The van der Waals surface area contributed by atoms with Gasteiger partial charge in [-0.25, -0.2) is 4.98 Å². The Kier molecular flexibility index (Phi) is 4.76. The molecule has 0 aliphatic carbocycles. The van der Waals surface area contributed by atoms with Gasteiger partial charge in [0.2, 0.25) is 5.13 Å². The largest absolute Gasteiger partial charge is 0.369 e. The molecule has 136 valence electrons. The Morgan fingerprint density at radius 2 is 1.77 bits per heavy atom. The summed E-state index contributed by atoms with van der Waals surface area (Å²) in [6.07, 6.45) is 2.13. The van der Waals surface area contributed by atoms with Crippen LogP contribution in [0.5, 0.6) is 0 Å². The lowest BCUT2D eigenvalue weighted by atomic mass is 10.0. The van der Waals surface area contributed by atoms with E-state index in [2.05, 4.69) is 57.3 Å². The molecule has 0 unspecified atom stereocenters. The Hall–Kier alpha value is -2.21. The SMILES string of the molecule is CCc1c(C)nc2ccccc2c1N1CCCN(c2nc(C)ns2)CC1. The normalized spacial score (nSPS) is 15.5. The highest BCUT2D eigenvalue weighted by atomic mass is 32.1.